The summed E-state index contributed by atoms with van der Waals surface area (Å²) in [7, 11) is 1.70. The van der Waals surface area contributed by atoms with Crippen molar-refractivity contribution in [3.8, 4) is 22.7 Å². The van der Waals surface area contributed by atoms with Gasteiger partial charge in [0.05, 0.1) is 18.5 Å². The lowest BCUT2D eigenvalue weighted by Gasteiger charge is -2.22. The summed E-state index contributed by atoms with van der Waals surface area (Å²) in [6.07, 6.45) is 4.80. The summed E-state index contributed by atoms with van der Waals surface area (Å²) in [5.74, 6) is 0.869. The molecule has 2 aliphatic rings. The molecular weight excluding hydrogens is 360 g/mol. The number of aromatic nitrogens is 2. The van der Waals surface area contributed by atoms with Gasteiger partial charge in [-0.3, -0.25) is 4.90 Å². The molecule has 1 N–H and O–H groups in total. The van der Waals surface area contributed by atoms with Gasteiger partial charge in [0.1, 0.15) is 5.75 Å². The number of nitrogens with zero attached hydrogens (tertiary/aromatic N) is 3. The zero-order valence-electron chi connectivity index (χ0n) is 17.0. The fraction of sp³-hybridized carbons (Fsp3) is 0.375. The van der Waals surface area contributed by atoms with E-state index in [1.54, 1.807) is 7.11 Å². The fourth-order valence-electron chi connectivity index (χ4n) is 4.78. The topological polar surface area (TPSA) is 42.3 Å². The third-order valence-electron chi connectivity index (χ3n) is 6.42. The Kier molecular flexibility index (Phi) is 4.86. The van der Waals surface area contributed by atoms with Crippen LogP contribution in [0, 0.1) is 5.41 Å². The van der Waals surface area contributed by atoms with Crippen LogP contribution in [-0.2, 0) is 6.54 Å². The van der Waals surface area contributed by atoms with Gasteiger partial charge in [0.2, 0.25) is 0 Å². The smallest absolute Gasteiger partial charge is 0.118 e. The van der Waals surface area contributed by atoms with Crippen LogP contribution in [0.1, 0.15) is 18.4 Å². The van der Waals surface area contributed by atoms with E-state index in [4.69, 9.17) is 9.84 Å². The Hall–Kier alpha value is -2.63. The summed E-state index contributed by atoms with van der Waals surface area (Å²) in [6.45, 7) is 5.61. The molecule has 1 spiro atoms. The van der Waals surface area contributed by atoms with Crippen molar-refractivity contribution in [1.82, 2.24) is 20.0 Å². The molecule has 1 atom stereocenters. The largest absolute Gasteiger partial charge is 0.497 e. The molecule has 0 bridgehead atoms. The molecule has 0 aliphatic carbocycles. The second kappa shape index (κ2) is 7.65. The summed E-state index contributed by atoms with van der Waals surface area (Å²) >= 11 is 0. The molecule has 0 radical (unpaired) electrons. The van der Waals surface area contributed by atoms with Gasteiger partial charge in [0.25, 0.3) is 0 Å². The van der Waals surface area contributed by atoms with Crippen molar-refractivity contribution in [3.63, 3.8) is 0 Å². The van der Waals surface area contributed by atoms with Crippen LogP contribution in [0.5, 0.6) is 5.75 Å². The predicted molar refractivity (Wildman–Crippen MR) is 115 cm³/mol. The minimum Gasteiger partial charge on any atom is -0.497 e. The van der Waals surface area contributed by atoms with Crippen LogP contribution in [0.4, 0.5) is 0 Å². The molecule has 1 unspecified atom stereocenters. The third-order valence-corrected chi connectivity index (χ3v) is 6.42. The van der Waals surface area contributed by atoms with Crippen LogP contribution < -0.4 is 10.1 Å². The van der Waals surface area contributed by atoms with Crippen molar-refractivity contribution < 1.29 is 4.74 Å². The van der Waals surface area contributed by atoms with Crippen LogP contribution in [0.15, 0.2) is 60.8 Å². The zero-order valence-corrected chi connectivity index (χ0v) is 17.0. The number of benzene rings is 2. The van der Waals surface area contributed by atoms with Crippen molar-refractivity contribution in [1.29, 1.82) is 0 Å². The van der Waals surface area contributed by atoms with Crippen molar-refractivity contribution in [3.05, 3.63) is 66.4 Å². The Morgan fingerprint density at radius 3 is 2.62 bits per heavy atom. The molecule has 5 nitrogen and oxygen atoms in total. The Labute approximate surface area is 172 Å². The second-order valence-electron chi connectivity index (χ2n) is 8.40. The molecule has 29 heavy (non-hydrogen) atoms. The summed E-state index contributed by atoms with van der Waals surface area (Å²) in [5, 5.41) is 8.53. The van der Waals surface area contributed by atoms with Gasteiger partial charge in [-0.15, -0.1) is 0 Å². The van der Waals surface area contributed by atoms with Gasteiger partial charge < -0.3 is 10.1 Å². The lowest BCUT2D eigenvalue weighted by Crippen LogP contribution is -2.29. The van der Waals surface area contributed by atoms with Crippen LogP contribution >= 0.6 is 0 Å². The monoisotopic (exact) mass is 388 g/mol. The highest BCUT2D eigenvalue weighted by atomic mass is 16.5. The van der Waals surface area contributed by atoms with Crippen molar-refractivity contribution in [2.24, 2.45) is 5.41 Å². The number of likely N-dealkylation sites (tertiary alicyclic amines) is 1. The number of rotatable bonds is 5. The van der Waals surface area contributed by atoms with Crippen molar-refractivity contribution >= 4 is 0 Å². The first-order valence-corrected chi connectivity index (χ1v) is 10.5. The van der Waals surface area contributed by atoms with Crippen molar-refractivity contribution in [2.45, 2.75) is 19.4 Å². The molecule has 2 saturated heterocycles. The maximum atomic E-state index is 5.33. The lowest BCUT2D eigenvalue weighted by molar-refractivity contribution is 0.269. The molecule has 5 rings (SSSR count). The number of ether oxygens (including phenoxy) is 1. The van der Waals surface area contributed by atoms with Gasteiger partial charge in [0.15, 0.2) is 0 Å². The lowest BCUT2D eigenvalue weighted by atomic mass is 9.86. The van der Waals surface area contributed by atoms with Gasteiger partial charge in [-0.1, -0.05) is 18.2 Å². The first-order valence-electron chi connectivity index (χ1n) is 10.5. The van der Waals surface area contributed by atoms with E-state index in [0.29, 0.717) is 5.41 Å². The number of hydrogen-bond acceptors (Lipinski definition) is 4. The molecule has 0 saturated carbocycles. The molecule has 2 aromatic carbocycles. The van der Waals surface area contributed by atoms with E-state index in [1.165, 1.54) is 31.5 Å². The minimum atomic E-state index is 0.482. The Morgan fingerprint density at radius 2 is 1.90 bits per heavy atom. The van der Waals surface area contributed by atoms with E-state index < -0.39 is 0 Å². The van der Waals surface area contributed by atoms with Gasteiger partial charge >= 0.3 is 0 Å². The van der Waals surface area contributed by atoms with Gasteiger partial charge in [-0.05, 0) is 67.7 Å². The first-order chi connectivity index (χ1) is 14.2. The van der Waals surface area contributed by atoms with E-state index in [0.717, 1.165) is 42.3 Å². The second-order valence-corrected chi connectivity index (χ2v) is 8.40. The molecule has 5 heteroatoms. The quantitative estimate of drug-likeness (QED) is 0.723. The Balaban J connectivity index is 1.46. The standard InChI is InChI=1S/C24H28N4O/c1-29-22-9-7-19(8-10-22)23-20(16-28(26-23)21-5-3-2-4-6-21)15-27-14-12-24(18-27)11-13-25-17-24/h2-10,16,25H,11-15,17-18H2,1H3. The SMILES string of the molecule is COc1ccc(-c2nn(-c3ccccc3)cc2CN2CCC3(CCNC3)C2)cc1. The van der Waals surface area contributed by atoms with Crippen LogP contribution in [0.2, 0.25) is 0 Å². The summed E-state index contributed by atoms with van der Waals surface area (Å²) in [4.78, 5) is 2.60. The highest BCUT2D eigenvalue weighted by Gasteiger charge is 2.40. The molecule has 2 aliphatic heterocycles. The summed E-state index contributed by atoms with van der Waals surface area (Å²) in [6, 6.07) is 18.6. The number of hydrogen-bond donors (Lipinski definition) is 1. The molecule has 0 amide bonds. The van der Waals surface area contributed by atoms with E-state index >= 15 is 0 Å². The molecule has 150 valence electrons. The fourth-order valence-corrected chi connectivity index (χ4v) is 4.78. The van der Waals surface area contributed by atoms with E-state index in [2.05, 4.69) is 52.8 Å². The summed E-state index contributed by atoms with van der Waals surface area (Å²) in [5.41, 5.74) is 5.04. The van der Waals surface area contributed by atoms with E-state index in [1.807, 2.05) is 22.9 Å². The minimum absolute atomic E-state index is 0.482. The molecule has 2 fully saturated rings. The van der Waals surface area contributed by atoms with Gasteiger partial charge in [-0.25, -0.2) is 4.68 Å². The maximum Gasteiger partial charge on any atom is 0.118 e. The molecule has 1 aromatic heterocycles. The number of para-hydroxylation sites is 1. The molecular formula is C24H28N4O. The van der Waals surface area contributed by atoms with Crippen LogP contribution in [-0.4, -0.2) is 48.0 Å². The maximum absolute atomic E-state index is 5.33. The van der Waals surface area contributed by atoms with E-state index in [-0.39, 0.29) is 0 Å². The average molecular weight is 389 g/mol. The Morgan fingerprint density at radius 1 is 1.07 bits per heavy atom. The zero-order chi connectivity index (χ0) is 19.7. The van der Waals surface area contributed by atoms with Gasteiger partial charge in [0, 0.05) is 37.0 Å². The highest BCUT2D eigenvalue weighted by molar-refractivity contribution is 5.64. The predicted octanol–water partition coefficient (Wildman–Crippen LogP) is 3.73. The number of nitrogens with one attached hydrogen (secondary N) is 1. The number of methoxy groups -OCH3 is 1. The molecule has 3 heterocycles. The molecule has 3 aromatic rings. The highest BCUT2D eigenvalue weighted by Crippen LogP contribution is 2.37. The van der Waals surface area contributed by atoms with E-state index in [9.17, 15) is 0 Å². The third kappa shape index (κ3) is 3.68. The van der Waals surface area contributed by atoms with Crippen LogP contribution in [0.3, 0.4) is 0 Å². The van der Waals surface area contributed by atoms with Crippen LogP contribution in [0.25, 0.3) is 16.9 Å². The van der Waals surface area contributed by atoms with Crippen molar-refractivity contribution in [2.75, 3.05) is 33.3 Å². The van der Waals surface area contributed by atoms with Gasteiger partial charge in [-0.2, -0.15) is 5.10 Å². The first kappa shape index (κ1) is 18.4. The normalized spacial score (nSPS) is 21.8. The summed E-state index contributed by atoms with van der Waals surface area (Å²) < 4.78 is 7.34. The average Bonchev–Trinajstić information content (AvgIpc) is 3.50. The Bertz CT molecular complexity index is 958.